The summed E-state index contributed by atoms with van der Waals surface area (Å²) in [6.45, 7) is 4.63. The van der Waals surface area contributed by atoms with Crippen molar-refractivity contribution in [3.8, 4) is 0 Å². The molecule has 0 aliphatic carbocycles. The maximum atomic E-state index is 13.8. The molecule has 0 bridgehead atoms. The van der Waals surface area contributed by atoms with Crippen molar-refractivity contribution in [2.45, 2.75) is 18.2 Å². The Morgan fingerprint density at radius 2 is 1.90 bits per heavy atom. The van der Waals surface area contributed by atoms with Crippen molar-refractivity contribution in [3.63, 3.8) is 0 Å². The normalized spacial score (nSPS) is 16.5. The number of hydrogen-bond donors (Lipinski definition) is 0. The van der Waals surface area contributed by atoms with E-state index in [0.29, 0.717) is 31.7 Å². The summed E-state index contributed by atoms with van der Waals surface area (Å²) in [5.41, 5.74) is 2.67. The lowest BCUT2D eigenvalue weighted by Gasteiger charge is -2.34. The van der Waals surface area contributed by atoms with E-state index in [-0.39, 0.29) is 4.90 Å². The Balaban J connectivity index is 1.38. The van der Waals surface area contributed by atoms with Gasteiger partial charge in [-0.3, -0.25) is 0 Å². The van der Waals surface area contributed by atoms with Crippen LogP contribution in [0.2, 0.25) is 0 Å². The lowest BCUT2D eigenvalue weighted by Crippen LogP contribution is -2.49. The Morgan fingerprint density at radius 3 is 2.62 bits per heavy atom. The second-order valence-corrected chi connectivity index (χ2v) is 9.48. The molecule has 8 heteroatoms. The number of sulfonamides is 1. The summed E-state index contributed by atoms with van der Waals surface area (Å²) in [4.78, 5) is 6.72. The monoisotopic (exact) mass is 416 g/mol. The number of hydrogen-bond acceptors (Lipinski definition) is 4. The van der Waals surface area contributed by atoms with Crippen LogP contribution in [0.4, 0.5) is 4.39 Å². The Hall–Kier alpha value is -2.29. The molecule has 6 nitrogen and oxygen atoms in total. The van der Waals surface area contributed by atoms with Crippen LogP contribution in [-0.4, -0.2) is 59.9 Å². The molecule has 3 aromatic rings. The summed E-state index contributed by atoms with van der Waals surface area (Å²) in [7, 11) is -1.67. The first-order valence-corrected chi connectivity index (χ1v) is 11.2. The number of halogens is 1. The van der Waals surface area contributed by atoms with E-state index in [1.165, 1.54) is 22.0 Å². The average Bonchev–Trinajstić information content (AvgIpc) is 3.05. The summed E-state index contributed by atoms with van der Waals surface area (Å²) in [5, 5.41) is 1.16. The van der Waals surface area contributed by atoms with Gasteiger partial charge in [-0.15, -0.1) is 0 Å². The molecule has 0 radical (unpaired) electrons. The highest BCUT2D eigenvalue weighted by Gasteiger charge is 2.28. The smallest absolute Gasteiger partial charge is 0.243 e. The first-order valence-electron chi connectivity index (χ1n) is 9.74. The minimum atomic E-state index is -3.66. The van der Waals surface area contributed by atoms with E-state index < -0.39 is 15.8 Å². The quantitative estimate of drug-likeness (QED) is 0.642. The van der Waals surface area contributed by atoms with Crippen LogP contribution in [0.3, 0.4) is 0 Å². The van der Waals surface area contributed by atoms with Gasteiger partial charge in [0.2, 0.25) is 10.0 Å². The third-order valence-electron chi connectivity index (χ3n) is 5.63. The van der Waals surface area contributed by atoms with E-state index >= 15 is 0 Å². The molecule has 0 spiro atoms. The van der Waals surface area contributed by atoms with Gasteiger partial charge >= 0.3 is 0 Å². The lowest BCUT2D eigenvalue weighted by atomic mass is 10.1. The van der Waals surface area contributed by atoms with Crippen molar-refractivity contribution in [1.29, 1.82) is 0 Å². The number of rotatable bonds is 5. The minimum Gasteiger partial charge on any atom is -0.335 e. The molecule has 2 aromatic heterocycles. The van der Waals surface area contributed by atoms with Crippen LogP contribution in [0.15, 0.2) is 47.6 Å². The Bertz CT molecular complexity index is 1130. The highest BCUT2D eigenvalue weighted by Crippen LogP contribution is 2.22. The van der Waals surface area contributed by atoms with E-state index in [0.717, 1.165) is 30.1 Å². The van der Waals surface area contributed by atoms with Crippen LogP contribution >= 0.6 is 0 Å². The zero-order valence-electron chi connectivity index (χ0n) is 16.7. The van der Waals surface area contributed by atoms with Crippen molar-refractivity contribution < 1.29 is 12.8 Å². The van der Waals surface area contributed by atoms with E-state index in [9.17, 15) is 12.8 Å². The van der Waals surface area contributed by atoms with Gasteiger partial charge in [-0.05, 0) is 48.7 Å². The fourth-order valence-electron chi connectivity index (χ4n) is 3.85. The molecule has 1 fully saturated rings. The second kappa shape index (κ2) is 7.85. The molecule has 0 N–H and O–H groups in total. The number of aromatic nitrogens is 2. The third kappa shape index (κ3) is 3.92. The van der Waals surface area contributed by atoms with Gasteiger partial charge < -0.3 is 9.47 Å². The number of nitrogens with zero attached hydrogens (tertiary/aromatic N) is 4. The minimum absolute atomic E-state index is 0.0253. The molecule has 0 unspecified atom stereocenters. The molecule has 1 aliphatic heterocycles. The topological polar surface area (TPSA) is 58.4 Å². The fourth-order valence-corrected chi connectivity index (χ4v) is 5.28. The standard InChI is InChI=1S/C21H25FN4O2S/c1-16-5-6-18(14-20(16)22)29(27,28)26-12-10-25(11-13-26)9-7-17-15-24(2)21-19(17)4-3-8-23-21/h3-6,8,14-15H,7,9-13H2,1-2H3. The van der Waals surface area contributed by atoms with Crippen molar-refractivity contribution in [1.82, 2.24) is 18.8 Å². The molecule has 1 aromatic carbocycles. The Kier molecular flexibility index (Phi) is 5.42. The number of benzene rings is 1. The van der Waals surface area contributed by atoms with E-state index in [1.807, 2.05) is 17.7 Å². The fraction of sp³-hybridized carbons (Fsp3) is 0.381. The van der Waals surface area contributed by atoms with Crippen LogP contribution in [0.5, 0.6) is 0 Å². The van der Waals surface area contributed by atoms with E-state index in [1.54, 1.807) is 13.1 Å². The third-order valence-corrected chi connectivity index (χ3v) is 7.52. The molecule has 154 valence electrons. The number of pyridine rings is 1. The summed E-state index contributed by atoms with van der Waals surface area (Å²) in [6, 6.07) is 8.14. The van der Waals surface area contributed by atoms with Gasteiger partial charge in [0.05, 0.1) is 4.90 Å². The zero-order chi connectivity index (χ0) is 20.6. The van der Waals surface area contributed by atoms with Gasteiger partial charge in [-0.1, -0.05) is 6.07 Å². The molecule has 0 saturated carbocycles. The van der Waals surface area contributed by atoms with Gasteiger partial charge in [-0.2, -0.15) is 4.31 Å². The SMILES string of the molecule is Cc1ccc(S(=O)(=O)N2CCN(CCc3cn(C)c4ncccc34)CC2)cc1F. The largest absolute Gasteiger partial charge is 0.335 e. The van der Waals surface area contributed by atoms with Gasteiger partial charge in [0.1, 0.15) is 11.5 Å². The summed E-state index contributed by atoms with van der Waals surface area (Å²) < 4.78 is 42.9. The number of fused-ring (bicyclic) bond motifs is 1. The molecular weight excluding hydrogens is 391 g/mol. The second-order valence-electron chi connectivity index (χ2n) is 7.55. The van der Waals surface area contributed by atoms with E-state index in [2.05, 4.69) is 22.1 Å². The molecule has 0 amide bonds. The van der Waals surface area contributed by atoms with Crippen LogP contribution in [0, 0.1) is 12.7 Å². The molecule has 1 saturated heterocycles. The highest BCUT2D eigenvalue weighted by molar-refractivity contribution is 7.89. The molecule has 1 aliphatic rings. The lowest BCUT2D eigenvalue weighted by molar-refractivity contribution is 0.190. The van der Waals surface area contributed by atoms with Crippen LogP contribution in [0.1, 0.15) is 11.1 Å². The van der Waals surface area contributed by atoms with Gasteiger partial charge in [-0.25, -0.2) is 17.8 Å². The van der Waals surface area contributed by atoms with Gasteiger partial charge in [0, 0.05) is 57.6 Å². The molecule has 4 rings (SSSR count). The Labute approximate surface area is 170 Å². The van der Waals surface area contributed by atoms with Gasteiger partial charge in [0.15, 0.2) is 0 Å². The maximum Gasteiger partial charge on any atom is 0.243 e. The van der Waals surface area contributed by atoms with Crippen molar-refractivity contribution in [2.75, 3.05) is 32.7 Å². The summed E-state index contributed by atoms with van der Waals surface area (Å²) in [6.07, 6.45) is 4.80. The first kappa shape index (κ1) is 20.0. The van der Waals surface area contributed by atoms with Crippen molar-refractivity contribution in [2.24, 2.45) is 7.05 Å². The molecule has 0 atom stereocenters. The van der Waals surface area contributed by atoms with Crippen molar-refractivity contribution >= 4 is 21.1 Å². The summed E-state index contributed by atoms with van der Waals surface area (Å²) >= 11 is 0. The van der Waals surface area contributed by atoms with Crippen LogP contribution in [-0.2, 0) is 23.5 Å². The van der Waals surface area contributed by atoms with Crippen molar-refractivity contribution in [3.05, 3.63) is 59.7 Å². The number of aryl methyl sites for hydroxylation is 2. The molecule has 29 heavy (non-hydrogen) atoms. The predicted molar refractivity (Wildman–Crippen MR) is 111 cm³/mol. The predicted octanol–water partition coefficient (Wildman–Crippen LogP) is 2.57. The maximum absolute atomic E-state index is 13.8. The zero-order valence-corrected chi connectivity index (χ0v) is 17.5. The molecule has 3 heterocycles. The van der Waals surface area contributed by atoms with Crippen LogP contribution in [0.25, 0.3) is 11.0 Å². The molecular formula is C21H25FN4O2S. The van der Waals surface area contributed by atoms with Crippen LogP contribution < -0.4 is 0 Å². The number of piperazine rings is 1. The first-order chi connectivity index (χ1) is 13.9. The average molecular weight is 417 g/mol. The van der Waals surface area contributed by atoms with Gasteiger partial charge in [0.25, 0.3) is 0 Å². The Morgan fingerprint density at radius 1 is 1.14 bits per heavy atom. The van der Waals surface area contributed by atoms with E-state index in [4.69, 9.17) is 0 Å². The highest BCUT2D eigenvalue weighted by atomic mass is 32.2. The summed E-state index contributed by atoms with van der Waals surface area (Å²) in [5.74, 6) is -0.491.